The number of benzene rings is 5. The molecule has 0 unspecified atom stereocenters. The van der Waals surface area contributed by atoms with Crippen LogP contribution in [0.3, 0.4) is 0 Å². The summed E-state index contributed by atoms with van der Waals surface area (Å²) in [6, 6.07) is 42.0. The third kappa shape index (κ3) is 5.83. The van der Waals surface area contributed by atoms with Gasteiger partial charge in [0.1, 0.15) is 0 Å². The molecular weight excluding hydrogens is 603 g/mol. The van der Waals surface area contributed by atoms with Gasteiger partial charge in [0.25, 0.3) is 0 Å². The highest BCUT2D eigenvalue weighted by Crippen LogP contribution is 2.49. The Morgan fingerprint density at radius 3 is 1.40 bits per heavy atom. The maximum absolute atomic E-state index is 5.14. The van der Waals surface area contributed by atoms with Crippen LogP contribution in [0.15, 0.2) is 115 Å². The first kappa shape index (κ1) is 31.2. The molecule has 1 aromatic heterocycles. The van der Waals surface area contributed by atoms with Gasteiger partial charge in [0, 0.05) is 22.1 Å². The van der Waals surface area contributed by atoms with Gasteiger partial charge in [-0.1, -0.05) is 167 Å². The zero-order chi connectivity index (χ0) is 33.1. The molecule has 0 aliphatic heterocycles. The minimum Gasteiger partial charge on any atom is -0.208 e. The van der Waals surface area contributed by atoms with Gasteiger partial charge in [-0.2, -0.15) is 0 Å². The van der Waals surface area contributed by atoms with Crippen molar-refractivity contribution in [2.24, 2.45) is 0 Å². The van der Waals surface area contributed by atoms with E-state index in [1.165, 1.54) is 38.2 Å². The summed E-state index contributed by atoms with van der Waals surface area (Å²) < 4.78 is 0. The second-order valence-corrected chi connectivity index (χ2v) is 25.6. The highest BCUT2D eigenvalue weighted by molar-refractivity contribution is 6.89. The molecular formula is C42H43N3Si2. The fourth-order valence-electron chi connectivity index (χ4n) is 6.73. The van der Waals surface area contributed by atoms with Gasteiger partial charge in [0.15, 0.2) is 17.5 Å². The number of fused-ring (bicyclic) bond motifs is 3. The van der Waals surface area contributed by atoms with Crippen molar-refractivity contribution in [2.45, 2.75) is 58.5 Å². The fraction of sp³-hybridized carbons (Fsp3) is 0.214. The van der Waals surface area contributed by atoms with E-state index in [9.17, 15) is 0 Å². The minimum atomic E-state index is -1.53. The predicted octanol–water partition coefficient (Wildman–Crippen LogP) is 9.94. The summed E-state index contributed by atoms with van der Waals surface area (Å²) in [6.07, 6.45) is 0. The molecule has 0 bridgehead atoms. The van der Waals surface area contributed by atoms with Crippen molar-refractivity contribution >= 4 is 26.5 Å². The van der Waals surface area contributed by atoms with E-state index in [-0.39, 0.29) is 5.41 Å². The first-order valence-corrected chi connectivity index (χ1v) is 23.6. The molecule has 1 heterocycles. The summed E-state index contributed by atoms with van der Waals surface area (Å²) in [4.78, 5) is 15.4. The van der Waals surface area contributed by atoms with Crippen molar-refractivity contribution in [1.29, 1.82) is 0 Å². The number of rotatable bonds is 6. The van der Waals surface area contributed by atoms with Crippen LogP contribution in [-0.2, 0) is 5.41 Å². The molecule has 0 saturated heterocycles. The van der Waals surface area contributed by atoms with Crippen LogP contribution in [0.2, 0.25) is 39.3 Å². The van der Waals surface area contributed by atoms with Crippen LogP contribution < -0.4 is 10.4 Å². The number of nitrogens with zero attached hydrogens (tertiary/aromatic N) is 3. The topological polar surface area (TPSA) is 38.7 Å². The summed E-state index contributed by atoms with van der Waals surface area (Å²) >= 11 is 0. The van der Waals surface area contributed by atoms with E-state index in [1.54, 1.807) is 0 Å². The average Bonchev–Trinajstić information content (AvgIpc) is 3.30. The molecule has 6 aromatic rings. The largest absolute Gasteiger partial charge is 0.208 e. The molecule has 234 valence electrons. The minimum absolute atomic E-state index is 0.0491. The number of aromatic nitrogens is 3. The van der Waals surface area contributed by atoms with Crippen LogP contribution in [0.1, 0.15) is 25.0 Å². The van der Waals surface area contributed by atoms with E-state index in [0.717, 1.165) is 22.3 Å². The van der Waals surface area contributed by atoms with Gasteiger partial charge in [-0.05, 0) is 45.5 Å². The van der Waals surface area contributed by atoms with E-state index < -0.39 is 16.1 Å². The highest BCUT2D eigenvalue weighted by Gasteiger charge is 2.35. The van der Waals surface area contributed by atoms with Crippen LogP contribution in [0.25, 0.3) is 56.4 Å². The van der Waals surface area contributed by atoms with Gasteiger partial charge >= 0.3 is 0 Å². The van der Waals surface area contributed by atoms with Crippen molar-refractivity contribution in [3.63, 3.8) is 0 Å². The zero-order valence-electron chi connectivity index (χ0n) is 28.8. The van der Waals surface area contributed by atoms with Crippen molar-refractivity contribution in [3.8, 4) is 56.4 Å². The van der Waals surface area contributed by atoms with Crippen LogP contribution in [0.5, 0.6) is 0 Å². The first-order valence-electron chi connectivity index (χ1n) is 16.6. The Balaban J connectivity index is 1.36. The smallest absolute Gasteiger partial charge is 0.164 e. The molecule has 0 N–H and O–H groups in total. The Bertz CT molecular complexity index is 2080. The predicted molar refractivity (Wildman–Crippen MR) is 205 cm³/mol. The van der Waals surface area contributed by atoms with Gasteiger partial charge in [-0.15, -0.1) is 0 Å². The molecule has 7 rings (SSSR count). The van der Waals surface area contributed by atoms with E-state index in [2.05, 4.69) is 168 Å². The SMILES string of the molecule is CC1(C)c2ccccc2-c2ccc(-c3cccc(-c4nc(-c5cccc([Si](C)(C)C)c5)nc(-c5cccc([Si](C)(C)C)c5)n4)c3)cc21. The summed E-state index contributed by atoms with van der Waals surface area (Å²) in [5, 5.41) is 2.78. The maximum atomic E-state index is 5.14. The Morgan fingerprint density at radius 2 is 0.851 bits per heavy atom. The van der Waals surface area contributed by atoms with Crippen LogP contribution >= 0.6 is 0 Å². The van der Waals surface area contributed by atoms with E-state index >= 15 is 0 Å². The lowest BCUT2D eigenvalue weighted by Crippen LogP contribution is -2.37. The average molecular weight is 646 g/mol. The van der Waals surface area contributed by atoms with Gasteiger partial charge in [0.2, 0.25) is 0 Å². The standard InChI is InChI=1S/C42H43N3Si2/c1-42(2)37-21-10-9-20-35(37)36-23-22-29(27-38(36)42)28-14-11-15-30(24-28)39-43-40(31-16-12-18-33(25-31)46(3,4)5)45-41(44-39)32-17-13-19-34(26-32)47(6,7)8/h9-27H,1-8H3. The summed E-state index contributed by atoms with van der Waals surface area (Å²) in [5.74, 6) is 2.12. The molecule has 0 fully saturated rings. The number of hydrogen-bond acceptors (Lipinski definition) is 3. The molecule has 0 saturated carbocycles. The quantitative estimate of drug-likeness (QED) is 0.169. The van der Waals surface area contributed by atoms with Crippen molar-refractivity contribution in [3.05, 3.63) is 126 Å². The third-order valence-electron chi connectivity index (χ3n) is 9.65. The Labute approximate surface area is 281 Å². The number of hydrogen-bond donors (Lipinski definition) is 0. The molecule has 1 aliphatic rings. The van der Waals surface area contributed by atoms with E-state index in [0.29, 0.717) is 17.5 Å². The van der Waals surface area contributed by atoms with Crippen LogP contribution in [0.4, 0.5) is 0 Å². The molecule has 0 spiro atoms. The molecule has 1 aliphatic carbocycles. The molecule has 0 amide bonds. The molecule has 5 aromatic carbocycles. The first-order chi connectivity index (χ1) is 22.3. The molecule has 0 radical (unpaired) electrons. The summed E-state index contributed by atoms with van der Waals surface area (Å²) in [7, 11) is -3.06. The van der Waals surface area contributed by atoms with E-state index in [1.807, 2.05) is 0 Å². The second-order valence-electron chi connectivity index (χ2n) is 15.5. The summed E-state index contributed by atoms with van der Waals surface area (Å²) in [5.41, 5.74) is 10.8. The van der Waals surface area contributed by atoms with Gasteiger partial charge in [-0.3, -0.25) is 0 Å². The third-order valence-corrected chi connectivity index (χ3v) is 13.7. The molecule has 0 atom stereocenters. The van der Waals surface area contributed by atoms with Crippen molar-refractivity contribution < 1.29 is 0 Å². The summed E-state index contributed by atoms with van der Waals surface area (Å²) in [6.45, 7) is 18.9. The maximum Gasteiger partial charge on any atom is 0.164 e. The van der Waals surface area contributed by atoms with E-state index in [4.69, 9.17) is 15.0 Å². The Kier molecular flexibility index (Phi) is 7.53. The van der Waals surface area contributed by atoms with Crippen LogP contribution in [0, 0.1) is 0 Å². The van der Waals surface area contributed by atoms with Crippen molar-refractivity contribution in [2.75, 3.05) is 0 Å². The van der Waals surface area contributed by atoms with Crippen molar-refractivity contribution in [1.82, 2.24) is 15.0 Å². The lowest BCUT2D eigenvalue weighted by Gasteiger charge is -2.22. The van der Waals surface area contributed by atoms with Gasteiger partial charge in [-0.25, -0.2) is 15.0 Å². The zero-order valence-corrected chi connectivity index (χ0v) is 30.8. The molecule has 5 heteroatoms. The molecule has 47 heavy (non-hydrogen) atoms. The van der Waals surface area contributed by atoms with Gasteiger partial charge in [0.05, 0.1) is 16.1 Å². The van der Waals surface area contributed by atoms with Gasteiger partial charge < -0.3 is 0 Å². The lowest BCUT2D eigenvalue weighted by molar-refractivity contribution is 0.660. The Hall–Kier alpha value is -4.46. The normalized spacial score (nSPS) is 13.7. The Morgan fingerprint density at radius 1 is 0.404 bits per heavy atom. The fourth-order valence-corrected chi connectivity index (χ4v) is 9.10. The monoisotopic (exact) mass is 645 g/mol. The lowest BCUT2D eigenvalue weighted by atomic mass is 9.81. The molecule has 3 nitrogen and oxygen atoms in total. The highest BCUT2D eigenvalue weighted by atomic mass is 28.3. The van der Waals surface area contributed by atoms with Crippen LogP contribution in [-0.4, -0.2) is 31.1 Å². The second kappa shape index (κ2) is 11.4.